The molecule has 0 bridgehead atoms. The second-order valence-electron chi connectivity index (χ2n) is 5.44. The molecule has 1 N–H and O–H groups in total. The molecule has 1 aromatic heterocycles. The highest BCUT2D eigenvalue weighted by atomic mass is 79.9. The number of nitrogens with zero attached hydrogens (tertiary/aromatic N) is 3. The van der Waals surface area contributed by atoms with E-state index in [1.165, 1.54) is 11.9 Å². The highest BCUT2D eigenvalue weighted by Gasteiger charge is 2.22. The summed E-state index contributed by atoms with van der Waals surface area (Å²) in [6, 6.07) is 10.8. The first-order chi connectivity index (χ1) is 10.7. The third kappa shape index (κ3) is 3.96. The van der Waals surface area contributed by atoms with Crippen molar-refractivity contribution in [3.05, 3.63) is 46.7 Å². The first kappa shape index (κ1) is 15.2. The number of aromatic nitrogens is 2. The largest absolute Gasteiger partial charge is 0.481 e. The van der Waals surface area contributed by atoms with Gasteiger partial charge in [0.1, 0.15) is 12.1 Å². The molecule has 0 amide bonds. The number of nitrogens with one attached hydrogen (secondary N) is 1. The molecule has 1 aromatic carbocycles. The van der Waals surface area contributed by atoms with Crippen molar-refractivity contribution in [3.63, 3.8) is 0 Å². The van der Waals surface area contributed by atoms with Gasteiger partial charge in [0.15, 0.2) is 0 Å². The fourth-order valence-electron chi connectivity index (χ4n) is 2.68. The van der Waals surface area contributed by atoms with E-state index in [9.17, 15) is 0 Å². The van der Waals surface area contributed by atoms with Gasteiger partial charge in [-0.15, -0.1) is 0 Å². The van der Waals surface area contributed by atoms with Crippen LogP contribution in [0.5, 0.6) is 5.88 Å². The molecule has 0 spiro atoms. The summed E-state index contributed by atoms with van der Waals surface area (Å²) in [5, 5.41) is 3.46. The average Bonchev–Trinajstić information content (AvgIpc) is 2.97. The number of benzene rings is 1. The monoisotopic (exact) mass is 362 g/mol. The topological polar surface area (TPSA) is 50.3 Å². The van der Waals surface area contributed by atoms with Gasteiger partial charge in [-0.3, -0.25) is 4.90 Å². The summed E-state index contributed by atoms with van der Waals surface area (Å²) in [6.45, 7) is 3.09. The van der Waals surface area contributed by atoms with Crippen LogP contribution in [0, 0.1) is 0 Å². The van der Waals surface area contributed by atoms with Gasteiger partial charge < -0.3 is 10.1 Å². The molecule has 1 saturated heterocycles. The van der Waals surface area contributed by atoms with Crippen molar-refractivity contribution in [2.24, 2.45) is 0 Å². The molecule has 1 aliphatic rings. The van der Waals surface area contributed by atoms with Crippen LogP contribution in [-0.2, 0) is 6.54 Å². The Kier molecular flexibility index (Phi) is 4.90. The zero-order chi connectivity index (χ0) is 15.4. The molecular formula is C16H19BrN4O. The van der Waals surface area contributed by atoms with Gasteiger partial charge in [0, 0.05) is 36.2 Å². The van der Waals surface area contributed by atoms with Crippen LogP contribution < -0.4 is 10.1 Å². The van der Waals surface area contributed by atoms with E-state index < -0.39 is 0 Å². The molecule has 1 unspecified atom stereocenters. The Balaban J connectivity index is 1.54. The maximum atomic E-state index is 5.12. The normalized spacial score (nSPS) is 18.4. The second kappa shape index (κ2) is 7.07. The molecule has 6 heteroatoms. The van der Waals surface area contributed by atoms with Crippen LogP contribution in [0.3, 0.4) is 0 Å². The van der Waals surface area contributed by atoms with Crippen molar-refractivity contribution in [2.75, 3.05) is 25.5 Å². The number of hydrogen-bond donors (Lipinski definition) is 1. The SMILES string of the molecule is COc1cc(NC2CCN(Cc3ccc(Br)cc3)C2)ncn1. The van der Waals surface area contributed by atoms with Crippen LogP contribution in [-0.4, -0.2) is 41.1 Å². The molecule has 5 nitrogen and oxygen atoms in total. The van der Waals surface area contributed by atoms with E-state index in [1.54, 1.807) is 7.11 Å². The smallest absolute Gasteiger partial charge is 0.218 e. The Labute approximate surface area is 138 Å². The molecule has 0 saturated carbocycles. The van der Waals surface area contributed by atoms with Gasteiger partial charge in [0.05, 0.1) is 7.11 Å². The Hall–Kier alpha value is -1.66. The van der Waals surface area contributed by atoms with Gasteiger partial charge >= 0.3 is 0 Å². The fourth-order valence-corrected chi connectivity index (χ4v) is 2.95. The molecule has 2 heterocycles. The summed E-state index contributed by atoms with van der Waals surface area (Å²) in [5.74, 6) is 1.41. The molecule has 1 atom stereocenters. The quantitative estimate of drug-likeness (QED) is 0.885. The summed E-state index contributed by atoms with van der Waals surface area (Å²) in [6.07, 6.45) is 2.64. The molecule has 0 aliphatic carbocycles. The van der Waals surface area contributed by atoms with Crippen LogP contribution in [0.15, 0.2) is 41.1 Å². The van der Waals surface area contributed by atoms with E-state index in [2.05, 4.69) is 60.4 Å². The van der Waals surface area contributed by atoms with E-state index in [1.807, 2.05) is 6.07 Å². The van der Waals surface area contributed by atoms with Crippen molar-refractivity contribution in [1.29, 1.82) is 0 Å². The molecular weight excluding hydrogens is 344 g/mol. The van der Waals surface area contributed by atoms with Gasteiger partial charge in [-0.25, -0.2) is 9.97 Å². The highest BCUT2D eigenvalue weighted by Crippen LogP contribution is 2.19. The van der Waals surface area contributed by atoms with Crippen molar-refractivity contribution < 1.29 is 4.74 Å². The number of hydrogen-bond acceptors (Lipinski definition) is 5. The predicted molar refractivity (Wildman–Crippen MR) is 90.0 cm³/mol. The molecule has 1 aliphatic heterocycles. The highest BCUT2D eigenvalue weighted by molar-refractivity contribution is 9.10. The number of anilines is 1. The van der Waals surface area contributed by atoms with Gasteiger partial charge in [0.2, 0.25) is 5.88 Å². The Morgan fingerprint density at radius 3 is 2.91 bits per heavy atom. The molecule has 2 aromatic rings. The summed E-state index contributed by atoms with van der Waals surface area (Å²) in [7, 11) is 1.61. The van der Waals surface area contributed by atoms with Crippen LogP contribution in [0.1, 0.15) is 12.0 Å². The summed E-state index contributed by atoms with van der Waals surface area (Å²) in [4.78, 5) is 10.7. The Morgan fingerprint density at radius 2 is 2.14 bits per heavy atom. The van der Waals surface area contributed by atoms with Gasteiger partial charge in [-0.2, -0.15) is 0 Å². The van der Waals surface area contributed by atoms with Crippen molar-refractivity contribution in [2.45, 2.75) is 19.0 Å². The summed E-state index contributed by atoms with van der Waals surface area (Å²) >= 11 is 3.47. The van der Waals surface area contributed by atoms with E-state index in [-0.39, 0.29) is 0 Å². The maximum absolute atomic E-state index is 5.12. The van der Waals surface area contributed by atoms with E-state index in [0.717, 1.165) is 36.3 Å². The van der Waals surface area contributed by atoms with Crippen molar-refractivity contribution in [1.82, 2.24) is 14.9 Å². The number of methoxy groups -OCH3 is 1. The lowest BCUT2D eigenvalue weighted by Gasteiger charge is -2.17. The molecule has 116 valence electrons. The summed E-state index contributed by atoms with van der Waals surface area (Å²) < 4.78 is 6.24. The lowest BCUT2D eigenvalue weighted by atomic mass is 10.2. The zero-order valence-corrected chi connectivity index (χ0v) is 14.1. The third-order valence-corrected chi connectivity index (χ3v) is 4.32. The molecule has 0 radical (unpaired) electrons. The van der Waals surface area contributed by atoms with Gasteiger partial charge in [-0.1, -0.05) is 28.1 Å². The number of likely N-dealkylation sites (tertiary alicyclic amines) is 1. The van der Waals surface area contributed by atoms with Crippen molar-refractivity contribution in [3.8, 4) is 5.88 Å². The minimum Gasteiger partial charge on any atom is -0.481 e. The second-order valence-corrected chi connectivity index (χ2v) is 6.35. The number of ether oxygens (including phenoxy) is 1. The van der Waals surface area contributed by atoms with Gasteiger partial charge in [-0.05, 0) is 24.1 Å². The van der Waals surface area contributed by atoms with Crippen molar-refractivity contribution >= 4 is 21.7 Å². The third-order valence-electron chi connectivity index (χ3n) is 3.79. The molecule has 22 heavy (non-hydrogen) atoms. The first-order valence-corrected chi connectivity index (χ1v) is 8.11. The van der Waals surface area contributed by atoms with E-state index in [4.69, 9.17) is 4.74 Å². The standard InChI is InChI=1S/C16H19BrN4O/c1-22-16-8-15(18-11-19-16)20-14-6-7-21(10-14)9-12-2-4-13(17)5-3-12/h2-5,8,11,14H,6-7,9-10H2,1H3,(H,18,19,20). The van der Waals surface area contributed by atoms with E-state index >= 15 is 0 Å². The first-order valence-electron chi connectivity index (χ1n) is 7.32. The minimum absolute atomic E-state index is 0.412. The average molecular weight is 363 g/mol. The fraction of sp³-hybridized carbons (Fsp3) is 0.375. The lowest BCUT2D eigenvalue weighted by Crippen LogP contribution is -2.26. The van der Waals surface area contributed by atoms with Crippen LogP contribution in [0.25, 0.3) is 0 Å². The number of rotatable bonds is 5. The minimum atomic E-state index is 0.412. The van der Waals surface area contributed by atoms with Gasteiger partial charge in [0.25, 0.3) is 0 Å². The Morgan fingerprint density at radius 1 is 1.32 bits per heavy atom. The molecule has 1 fully saturated rings. The number of halogens is 1. The summed E-state index contributed by atoms with van der Waals surface area (Å²) in [5.41, 5.74) is 1.34. The lowest BCUT2D eigenvalue weighted by molar-refractivity contribution is 0.328. The molecule has 3 rings (SSSR count). The van der Waals surface area contributed by atoms with Crippen LogP contribution >= 0.6 is 15.9 Å². The maximum Gasteiger partial charge on any atom is 0.218 e. The zero-order valence-electron chi connectivity index (χ0n) is 12.5. The van der Waals surface area contributed by atoms with Crippen LogP contribution in [0.4, 0.5) is 5.82 Å². The Bertz CT molecular complexity index is 620. The van der Waals surface area contributed by atoms with E-state index in [0.29, 0.717) is 11.9 Å². The van der Waals surface area contributed by atoms with Crippen LogP contribution in [0.2, 0.25) is 0 Å². The predicted octanol–water partition coefficient (Wildman–Crippen LogP) is 2.93.